The van der Waals surface area contributed by atoms with E-state index < -0.39 is 8.07 Å². The predicted molar refractivity (Wildman–Crippen MR) is 168 cm³/mol. The molecule has 7 rings (SSSR count). The minimum Gasteiger partial charge on any atom is -0.256 e. The zero-order chi connectivity index (χ0) is 26.4. The summed E-state index contributed by atoms with van der Waals surface area (Å²) in [6.07, 6.45) is 1.85. The van der Waals surface area contributed by atoms with E-state index in [-0.39, 0.29) is 0 Å². The van der Waals surface area contributed by atoms with Gasteiger partial charge in [-0.2, -0.15) is 0 Å². The van der Waals surface area contributed by atoms with Crippen LogP contribution in [0.2, 0.25) is 13.1 Å². The van der Waals surface area contributed by atoms with Crippen molar-refractivity contribution >= 4 is 18.4 Å². The van der Waals surface area contributed by atoms with Crippen LogP contribution >= 0.6 is 0 Å². The van der Waals surface area contributed by atoms with E-state index in [1.807, 2.05) is 18.3 Å². The number of pyridine rings is 1. The maximum Gasteiger partial charge on any atom is 0.114 e. The first-order chi connectivity index (χ1) is 19.1. The minimum atomic E-state index is -1.80. The van der Waals surface area contributed by atoms with Gasteiger partial charge in [-0.1, -0.05) is 116 Å². The number of nitrogens with zero attached hydrogens (tertiary/aromatic N) is 1. The highest BCUT2D eigenvalue weighted by molar-refractivity contribution is 7.04. The Bertz CT molecular complexity index is 1830. The van der Waals surface area contributed by atoms with Crippen molar-refractivity contribution in [3.63, 3.8) is 0 Å². The van der Waals surface area contributed by atoms with Gasteiger partial charge in [0.2, 0.25) is 0 Å². The molecule has 1 aliphatic heterocycles. The topological polar surface area (TPSA) is 12.9 Å². The van der Waals surface area contributed by atoms with Crippen molar-refractivity contribution in [2.24, 2.45) is 0 Å². The van der Waals surface area contributed by atoms with Crippen LogP contribution in [0.1, 0.15) is 0 Å². The van der Waals surface area contributed by atoms with E-state index in [1.165, 1.54) is 44.5 Å². The number of benzene rings is 5. The summed E-state index contributed by atoms with van der Waals surface area (Å²) in [4.78, 5) is 4.54. The van der Waals surface area contributed by atoms with E-state index in [2.05, 4.69) is 139 Å². The summed E-state index contributed by atoms with van der Waals surface area (Å²) >= 11 is 0. The highest BCUT2D eigenvalue weighted by atomic mass is 28.3. The lowest BCUT2D eigenvalue weighted by Crippen LogP contribution is -2.50. The fourth-order valence-electron chi connectivity index (χ4n) is 6.22. The average molecular weight is 516 g/mol. The number of fused-ring (bicyclic) bond motifs is 3. The monoisotopic (exact) mass is 515 g/mol. The van der Waals surface area contributed by atoms with Crippen molar-refractivity contribution < 1.29 is 0 Å². The van der Waals surface area contributed by atoms with Crippen molar-refractivity contribution in [1.29, 1.82) is 0 Å². The molecule has 6 aromatic rings. The molecule has 0 aliphatic carbocycles. The van der Waals surface area contributed by atoms with Crippen molar-refractivity contribution in [3.8, 4) is 55.8 Å². The fraction of sp³-hybridized carbons (Fsp3) is 0.0541. The van der Waals surface area contributed by atoms with Crippen molar-refractivity contribution in [2.45, 2.75) is 13.1 Å². The number of aromatic nitrogens is 1. The van der Waals surface area contributed by atoms with Crippen LogP contribution in [0.3, 0.4) is 0 Å². The predicted octanol–water partition coefficient (Wildman–Crippen LogP) is 8.55. The Morgan fingerprint density at radius 3 is 1.64 bits per heavy atom. The van der Waals surface area contributed by atoms with E-state index in [4.69, 9.17) is 0 Å². The van der Waals surface area contributed by atoms with Crippen LogP contribution in [0.5, 0.6) is 0 Å². The maximum atomic E-state index is 4.54. The van der Waals surface area contributed by atoms with Crippen molar-refractivity contribution in [3.05, 3.63) is 140 Å². The first kappa shape index (κ1) is 23.6. The standard InChI is InChI=1S/C37H29NSi/c1-39(2)36-21-4-3-17-33(36)34-19-10-18-32(37(34)39)30-15-8-13-28(24-30)26-11-7-12-27(23-26)29-14-9-16-31(25-29)35-20-5-6-22-38-35/h3-25H,1-2H3. The van der Waals surface area contributed by atoms with Crippen LogP contribution in [-0.2, 0) is 0 Å². The Kier molecular flexibility index (Phi) is 5.64. The molecule has 0 atom stereocenters. The smallest absolute Gasteiger partial charge is 0.114 e. The lowest BCUT2D eigenvalue weighted by Gasteiger charge is -2.22. The molecule has 0 saturated carbocycles. The van der Waals surface area contributed by atoms with Crippen molar-refractivity contribution in [2.75, 3.05) is 0 Å². The zero-order valence-electron chi connectivity index (χ0n) is 22.2. The largest absolute Gasteiger partial charge is 0.256 e. The number of hydrogen-bond acceptors (Lipinski definition) is 1. The molecule has 186 valence electrons. The lowest BCUT2D eigenvalue weighted by atomic mass is 9.94. The molecule has 0 fully saturated rings. The summed E-state index contributed by atoms with van der Waals surface area (Å²) in [5, 5.41) is 3.10. The Hall–Kier alpha value is -4.53. The average Bonchev–Trinajstić information content (AvgIpc) is 3.24. The van der Waals surface area contributed by atoms with E-state index in [9.17, 15) is 0 Å². The molecule has 0 saturated heterocycles. The van der Waals surface area contributed by atoms with Gasteiger partial charge in [0.15, 0.2) is 0 Å². The van der Waals surface area contributed by atoms with Gasteiger partial charge in [0.25, 0.3) is 0 Å². The van der Waals surface area contributed by atoms with E-state index in [1.54, 1.807) is 10.4 Å². The molecule has 0 unspecified atom stereocenters. The summed E-state index contributed by atoms with van der Waals surface area (Å²) < 4.78 is 0. The summed E-state index contributed by atoms with van der Waals surface area (Å²) in [6, 6.07) is 48.5. The van der Waals surface area contributed by atoms with Gasteiger partial charge in [-0.3, -0.25) is 4.98 Å². The van der Waals surface area contributed by atoms with Crippen LogP contribution in [0.25, 0.3) is 55.8 Å². The van der Waals surface area contributed by atoms with Crippen LogP contribution in [0.15, 0.2) is 140 Å². The quantitative estimate of drug-likeness (QED) is 0.214. The SMILES string of the molecule is C[Si]1(C)c2ccccc2-c2cccc(-c3cccc(-c4cccc(-c5cccc(-c6ccccn6)c5)c4)c3)c21. The number of hydrogen-bond donors (Lipinski definition) is 0. The van der Waals surface area contributed by atoms with E-state index >= 15 is 0 Å². The molecule has 5 aromatic carbocycles. The second-order valence-electron chi connectivity index (χ2n) is 10.9. The summed E-state index contributed by atoms with van der Waals surface area (Å²) in [7, 11) is -1.80. The molecule has 0 spiro atoms. The second kappa shape index (κ2) is 9.34. The Morgan fingerprint density at radius 1 is 0.436 bits per heavy atom. The Labute approximate surface area is 231 Å². The van der Waals surface area contributed by atoms with Gasteiger partial charge in [-0.25, -0.2) is 0 Å². The molecule has 39 heavy (non-hydrogen) atoms. The van der Waals surface area contributed by atoms with Crippen molar-refractivity contribution in [1.82, 2.24) is 4.98 Å². The van der Waals surface area contributed by atoms with Crippen LogP contribution in [0, 0.1) is 0 Å². The summed E-state index contributed by atoms with van der Waals surface area (Å²) in [5.74, 6) is 0. The molecule has 2 heterocycles. The van der Waals surface area contributed by atoms with Gasteiger partial charge < -0.3 is 0 Å². The first-order valence-corrected chi connectivity index (χ1v) is 16.6. The second-order valence-corrected chi connectivity index (χ2v) is 15.1. The van der Waals surface area contributed by atoms with E-state index in [0.29, 0.717) is 0 Å². The third-order valence-electron chi connectivity index (χ3n) is 8.11. The van der Waals surface area contributed by atoms with Crippen LogP contribution < -0.4 is 10.4 Å². The zero-order valence-corrected chi connectivity index (χ0v) is 23.2. The molecular formula is C37H29NSi. The molecule has 0 N–H and O–H groups in total. The van der Waals surface area contributed by atoms with Gasteiger partial charge in [0, 0.05) is 11.8 Å². The minimum absolute atomic E-state index is 0.993. The third kappa shape index (κ3) is 4.05. The van der Waals surface area contributed by atoms with Gasteiger partial charge in [-0.05, 0) is 85.2 Å². The van der Waals surface area contributed by atoms with Crippen LogP contribution in [0.4, 0.5) is 0 Å². The molecule has 0 radical (unpaired) electrons. The first-order valence-electron chi connectivity index (χ1n) is 13.6. The molecule has 0 bridgehead atoms. The maximum absolute atomic E-state index is 4.54. The summed E-state index contributed by atoms with van der Waals surface area (Å²) in [5.41, 5.74) is 12.5. The Morgan fingerprint density at radius 2 is 0.949 bits per heavy atom. The molecule has 1 nitrogen and oxygen atoms in total. The van der Waals surface area contributed by atoms with Gasteiger partial charge in [-0.15, -0.1) is 0 Å². The third-order valence-corrected chi connectivity index (χ3v) is 11.7. The van der Waals surface area contributed by atoms with E-state index in [0.717, 1.165) is 11.3 Å². The Balaban J connectivity index is 1.29. The molecule has 1 aromatic heterocycles. The lowest BCUT2D eigenvalue weighted by molar-refractivity contribution is 1.33. The molecule has 2 heteroatoms. The number of rotatable bonds is 4. The normalized spacial score (nSPS) is 13.1. The van der Waals surface area contributed by atoms with Crippen LogP contribution in [-0.4, -0.2) is 13.1 Å². The highest BCUT2D eigenvalue weighted by Gasteiger charge is 2.39. The van der Waals surface area contributed by atoms with Gasteiger partial charge >= 0.3 is 0 Å². The highest BCUT2D eigenvalue weighted by Crippen LogP contribution is 2.35. The summed E-state index contributed by atoms with van der Waals surface area (Å²) in [6.45, 7) is 4.99. The van der Waals surface area contributed by atoms with Gasteiger partial charge in [0.05, 0.1) is 5.69 Å². The fourth-order valence-corrected chi connectivity index (χ4v) is 9.69. The van der Waals surface area contributed by atoms with Gasteiger partial charge in [0.1, 0.15) is 8.07 Å². The molecular weight excluding hydrogens is 487 g/mol. The molecule has 1 aliphatic rings. The molecule has 0 amide bonds.